The lowest BCUT2D eigenvalue weighted by Gasteiger charge is -2.28. The lowest BCUT2D eigenvalue weighted by molar-refractivity contribution is -0.141. The van der Waals surface area contributed by atoms with Gasteiger partial charge >= 0.3 is 12.4 Å². The average Bonchev–Trinajstić information content (AvgIpc) is 3.07. The number of rotatable bonds is 2. The van der Waals surface area contributed by atoms with E-state index in [-0.39, 0.29) is 29.4 Å². The molecule has 0 amide bonds. The van der Waals surface area contributed by atoms with Crippen LogP contribution in [0.15, 0.2) is 53.9 Å². The van der Waals surface area contributed by atoms with Gasteiger partial charge < -0.3 is 4.90 Å². The Hall–Kier alpha value is -3.37. The molecule has 0 atom stereocenters. The third kappa shape index (κ3) is 3.43. The third-order valence-electron chi connectivity index (χ3n) is 4.28. The second-order valence-electron chi connectivity index (χ2n) is 6.10. The topological polar surface area (TPSA) is 45.8 Å². The van der Waals surface area contributed by atoms with Gasteiger partial charge in [0, 0.05) is 24.3 Å². The lowest BCUT2D eigenvalue weighted by Crippen LogP contribution is -2.28. The second-order valence-corrected chi connectivity index (χ2v) is 6.10. The van der Waals surface area contributed by atoms with Crippen molar-refractivity contribution in [1.82, 2.24) is 14.4 Å². The zero-order chi connectivity index (χ0) is 20.8. The van der Waals surface area contributed by atoms with Crippen LogP contribution in [-0.4, -0.2) is 27.1 Å². The minimum Gasteiger partial charge on any atom is -0.333 e. The van der Waals surface area contributed by atoms with Crippen LogP contribution in [0.1, 0.15) is 17.0 Å². The smallest absolute Gasteiger partial charge is 0.333 e. The van der Waals surface area contributed by atoms with Crippen molar-refractivity contribution < 1.29 is 26.3 Å². The van der Waals surface area contributed by atoms with Gasteiger partial charge in [0.15, 0.2) is 5.69 Å². The molecule has 1 aliphatic heterocycles. The average molecular weight is 411 g/mol. The van der Waals surface area contributed by atoms with Crippen molar-refractivity contribution in [3.8, 4) is 0 Å². The molecule has 0 fully saturated rings. The first-order valence-corrected chi connectivity index (χ1v) is 8.23. The van der Waals surface area contributed by atoms with Crippen LogP contribution in [0.3, 0.4) is 0 Å². The van der Waals surface area contributed by atoms with Crippen LogP contribution in [-0.2, 0) is 12.4 Å². The fourth-order valence-electron chi connectivity index (χ4n) is 3.01. The summed E-state index contributed by atoms with van der Waals surface area (Å²) in [6, 6.07) is 5.60. The molecule has 0 unspecified atom stereocenters. The molecular weight excluding hydrogens is 400 g/mol. The molecule has 2 aromatic heterocycles. The maximum absolute atomic E-state index is 13.6. The molecule has 11 heteroatoms. The summed E-state index contributed by atoms with van der Waals surface area (Å²) in [5.41, 5.74) is -1.98. The predicted octanol–water partition coefficient (Wildman–Crippen LogP) is 4.66. The Kier molecular flexibility index (Phi) is 4.32. The molecule has 0 N–H and O–H groups in total. The highest BCUT2D eigenvalue weighted by atomic mass is 19.4. The number of hydrogen-bond donors (Lipinski definition) is 0. The molecule has 0 spiro atoms. The Morgan fingerprint density at radius 1 is 0.931 bits per heavy atom. The summed E-state index contributed by atoms with van der Waals surface area (Å²) in [5, 5.41) is 0. The number of benzene rings is 1. The number of halogens is 6. The largest absolute Gasteiger partial charge is 0.435 e. The molecule has 3 aromatic rings. The predicted molar refractivity (Wildman–Crippen MR) is 93.2 cm³/mol. The van der Waals surface area contributed by atoms with E-state index in [9.17, 15) is 26.3 Å². The summed E-state index contributed by atoms with van der Waals surface area (Å²) < 4.78 is 80.6. The van der Waals surface area contributed by atoms with Crippen molar-refractivity contribution >= 4 is 23.4 Å². The van der Waals surface area contributed by atoms with Crippen molar-refractivity contribution in [2.24, 2.45) is 4.99 Å². The van der Waals surface area contributed by atoms with Crippen LogP contribution in [0.5, 0.6) is 0 Å². The number of aliphatic imine (C=N–C) groups is 1. The van der Waals surface area contributed by atoms with Gasteiger partial charge in [0.25, 0.3) is 0 Å². The molecule has 29 heavy (non-hydrogen) atoms. The molecule has 4 rings (SSSR count). The SMILES string of the molecule is FC(F)(F)c1ccc(N2CC=NC=C2c2c(C(F)(F)F)nc3ncccn23)cc1. The molecule has 3 heterocycles. The monoisotopic (exact) mass is 411 g/mol. The van der Waals surface area contributed by atoms with Gasteiger partial charge in [0.1, 0.15) is 5.69 Å². The van der Waals surface area contributed by atoms with Gasteiger partial charge in [-0.15, -0.1) is 0 Å². The minimum atomic E-state index is -4.77. The normalized spacial score (nSPS) is 15.1. The van der Waals surface area contributed by atoms with E-state index in [1.54, 1.807) is 0 Å². The molecule has 0 aliphatic carbocycles. The zero-order valence-corrected chi connectivity index (χ0v) is 14.4. The lowest BCUT2D eigenvalue weighted by atomic mass is 10.1. The Bertz CT molecular complexity index is 1110. The van der Waals surface area contributed by atoms with E-state index in [1.807, 2.05) is 0 Å². The molecule has 150 valence electrons. The van der Waals surface area contributed by atoms with Crippen molar-refractivity contribution in [2.75, 3.05) is 11.4 Å². The first-order chi connectivity index (χ1) is 13.7. The summed E-state index contributed by atoms with van der Waals surface area (Å²) >= 11 is 0. The summed E-state index contributed by atoms with van der Waals surface area (Å²) in [7, 11) is 0. The van der Waals surface area contributed by atoms with Crippen LogP contribution in [0, 0.1) is 0 Å². The van der Waals surface area contributed by atoms with E-state index in [0.29, 0.717) is 0 Å². The summed E-state index contributed by atoms with van der Waals surface area (Å²) in [6.07, 6.45) is -3.94. The van der Waals surface area contributed by atoms with Crippen LogP contribution in [0.4, 0.5) is 32.0 Å². The van der Waals surface area contributed by atoms with E-state index in [2.05, 4.69) is 15.0 Å². The second kappa shape index (κ2) is 6.61. The molecule has 0 radical (unpaired) electrons. The number of alkyl halides is 6. The van der Waals surface area contributed by atoms with E-state index in [4.69, 9.17) is 0 Å². The molecule has 1 aromatic carbocycles. The van der Waals surface area contributed by atoms with Gasteiger partial charge in [-0.2, -0.15) is 26.3 Å². The van der Waals surface area contributed by atoms with Gasteiger partial charge in [0.05, 0.1) is 24.0 Å². The van der Waals surface area contributed by atoms with E-state index in [0.717, 1.165) is 12.1 Å². The van der Waals surface area contributed by atoms with Crippen molar-refractivity contribution in [1.29, 1.82) is 0 Å². The summed E-state index contributed by atoms with van der Waals surface area (Å²) in [6.45, 7) is 0.0714. The van der Waals surface area contributed by atoms with Crippen LogP contribution >= 0.6 is 0 Å². The van der Waals surface area contributed by atoms with Gasteiger partial charge in [-0.1, -0.05) is 0 Å². The van der Waals surface area contributed by atoms with Crippen molar-refractivity contribution in [3.05, 3.63) is 65.9 Å². The highest BCUT2D eigenvalue weighted by Gasteiger charge is 2.40. The van der Waals surface area contributed by atoms with Gasteiger partial charge in [-0.05, 0) is 30.3 Å². The molecule has 0 bridgehead atoms. The molecule has 5 nitrogen and oxygen atoms in total. The van der Waals surface area contributed by atoms with E-state index < -0.39 is 23.6 Å². The number of anilines is 1. The van der Waals surface area contributed by atoms with Crippen molar-refractivity contribution in [3.63, 3.8) is 0 Å². The molecule has 0 saturated heterocycles. The maximum atomic E-state index is 13.6. The zero-order valence-electron chi connectivity index (χ0n) is 14.4. The summed E-state index contributed by atoms with van der Waals surface area (Å²) in [4.78, 5) is 12.8. The molecular formula is C18H11F6N5. The Balaban J connectivity index is 1.86. The van der Waals surface area contributed by atoms with Crippen LogP contribution < -0.4 is 4.90 Å². The maximum Gasteiger partial charge on any atom is 0.435 e. The Morgan fingerprint density at radius 2 is 1.66 bits per heavy atom. The number of nitrogens with zero attached hydrogens (tertiary/aromatic N) is 5. The van der Waals surface area contributed by atoms with Gasteiger partial charge in [-0.25, -0.2) is 9.97 Å². The Labute approximate surface area is 159 Å². The van der Waals surface area contributed by atoms with E-state index in [1.165, 1.54) is 52.3 Å². The van der Waals surface area contributed by atoms with Crippen LogP contribution in [0.2, 0.25) is 0 Å². The van der Waals surface area contributed by atoms with E-state index >= 15 is 0 Å². The standard InChI is InChI=1S/C18H11F6N5/c19-17(20,21)11-2-4-12(5-3-11)28-9-7-25-10-13(28)14-15(18(22,23)24)27-16-26-6-1-8-29(14)16/h1-8,10H,9H2. The minimum absolute atomic E-state index is 0.0417. The van der Waals surface area contributed by atoms with Gasteiger partial charge in [0.2, 0.25) is 5.78 Å². The number of imidazole rings is 1. The first-order valence-electron chi connectivity index (χ1n) is 8.23. The van der Waals surface area contributed by atoms with Crippen LogP contribution in [0.25, 0.3) is 11.5 Å². The quantitative estimate of drug-likeness (QED) is 0.577. The highest BCUT2D eigenvalue weighted by Crippen LogP contribution is 2.38. The Morgan fingerprint density at radius 3 is 2.31 bits per heavy atom. The molecule has 0 saturated carbocycles. The fourth-order valence-corrected chi connectivity index (χ4v) is 3.01. The summed E-state index contributed by atoms with van der Waals surface area (Å²) in [5.74, 6) is -0.155. The first kappa shape index (κ1) is 19.0. The van der Waals surface area contributed by atoms with Crippen molar-refractivity contribution in [2.45, 2.75) is 12.4 Å². The number of hydrogen-bond acceptors (Lipinski definition) is 4. The number of aromatic nitrogens is 3. The number of fused-ring (bicyclic) bond motifs is 1. The third-order valence-corrected chi connectivity index (χ3v) is 4.28. The fraction of sp³-hybridized carbons (Fsp3) is 0.167. The molecule has 1 aliphatic rings. The highest BCUT2D eigenvalue weighted by molar-refractivity contribution is 5.87. The van der Waals surface area contributed by atoms with Gasteiger partial charge in [-0.3, -0.25) is 9.39 Å².